The highest BCUT2D eigenvalue weighted by atomic mass is 32.2. The number of hydrogen-bond donors (Lipinski definition) is 0. The lowest BCUT2D eigenvalue weighted by atomic mass is 9.94. The van der Waals surface area contributed by atoms with Crippen LogP contribution in [0.2, 0.25) is 0 Å². The fourth-order valence-electron chi connectivity index (χ4n) is 5.08. The van der Waals surface area contributed by atoms with Crippen LogP contribution >= 0.6 is 0 Å². The van der Waals surface area contributed by atoms with Crippen molar-refractivity contribution in [2.45, 2.75) is 17.4 Å². The first-order valence-electron chi connectivity index (χ1n) is 11.0. The fraction of sp³-hybridized carbons (Fsp3) is 0.103. The monoisotopic (exact) mass is 433 g/mol. The van der Waals surface area contributed by atoms with Crippen LogP contribution in [0.5, 0.6) is 0 Å². The lowest BCUT2D eigenvalue weighted by Gasteiger charge is -2.39. The van der Waals surface area contributed by atoms with Gasteiger partial charge in [-0.25, -0.2) is 0 Å². The van der Waals surface area contributed by atoms with E-state index < -0.39 is 5.54 Å². The lowest BCUT2D eigenvalue weighted by Crippen LogP contribution is -2.47. The molecule has 0 amide bonds. The Bertz CT molecular complexity index is 1330. The SMILES string of the molecule is CC[S+]1c2ccccc2-c2ccccc2N1C1(c2ccccc2)C([O-])=C1c1ccccc1. The van der Waals surface area contributed by atoms with Gasteiger partial charge in [0.1, 0.15) is 22.4 Å². The van der Waals surface area contributed by atoms with Gasteiger partial charge in [-0.3, -0.25) is 0 Å². The van der Waals surface area contributed by atoms with Crippen LogP contribution in [-0.4, -0.2) is 5.75 Å². The third-order valence-electron chi connectivity index (χ3n) is 6.46. The molecular weight excluding hydrogens is 410 g/mol. The Labute approximate surface area is 192 Å². The molecule has 1 heterocycles. The van der Waals surface area contributed by atoms with Gasteiger partial charge in [0.25, 0.3) is 0 Å². The molecule has 0 bridgehead atoms. The van der Waals surface area contributed by atoms with Crippen molar-refractivity contribution in [1.82, 2.24) is 0 Å². The highest BCUT2D eigenvalue weighted by Gasteiger charge is 2.62. The number of rotatable bonds is 4. The van der Waals surface area contributed by atoms with E-state index in [4.69, 9.17) is 0 Å². The van der Waals surface area contributed by atoms with Gasteiger partial charge in [0.2, 0.25) is 0 Å². The number of para-hydroxylation sites is 1. The molecule has 156 valence electrons. The highest BCUT2D eigenvalue weighted by molar-refractivity contribution is 7.98. The van der Waals surface area contributed by atoms with Gasteiger partial charge >= 0.3 is 0 Å². The van der Waals surface area contributed by atoms with E-state index in [1.807, 2.05) is 36.4 Å². The van der Waals surface area contributed by atoms with E-state index in [2.05, 4.69) is 84.0 Å². The minimum atomic E-state index is -0.772. The van der Waals surface area contributed by atoms with Gasteiger partial charge in [0, 0.05) is 11.1 Å². The summed E-state index contributed by atoms with van der Waals surface area (Å²) < 4.78 is 2.44. The third kappa shape index (κ3) is 2.55. The summed E-state index contributed by atoms with van der Waals surface area (Å²) in [5, 5.41) is 13.9. The summed E-state index contributed by atoms with van der Waals surface area (Å²) in [6, 6.07) is 37.7. The van der Waals surface area contributed by atoms with Gasteiger partial charge in [0.05, 0.1) is 5.69 Å². The summed E-state index contributed by atoms with van der Waals surface area (Å²) in [7, 11) is 0. The predicted molar refractivity (Wildman–Crippen MR) is 132 cm³/mol. The zero-order valence-corrected chi connectivity index (χ0v) is 18.7. The summed E-state index contributed by atoms with van der Waals surface area (Å²) in [6.07, 6.45) is 0. The molecule has 1 aliphatic carbocycles. The molecule has 2 unspecified atom stereocenters. The summed E-state index contributed by atoms with van der Waals surface area (Å²) in [4.78, 5) is 1.32. The van der Waals surface area contributed by atoms with E-state index in [-0.39, 0.29) is 16.8 Å². The first-order chi connectivity index (χ1) is 15.8. The summed E-state index contributed by atoms with van der Waals surface area (Å²) in [5.74, 6) is 1.14. The number of fused-ring (bicyclic) bond motifs is 3. The smallest absolute Gasteiger partial charge is 0.189 e. The average Bonchev–Trinajstić information content (AvgIpc) is 3.49. The third-order valence-corrected chi connectivity index (χ3v) is 8.78. The molecule has 6 rings (SSSR count). The van der Waals surface area contributed by atoms with E-state index in [0.29, 0.717) is 0 Å². The van der Waals surface area contributed by atoms with Crippen molar-refractivity contribution in [3.63, 3.8) is 0 Å². The molecule has 2 atom stereocenters. The van der Waals surface area contributed by atoms with Crippen LogP contribution in [0.15, 0.2) is 120 Å². The van der Waals surface area contributed by atoms with Crippen LogP contribution < -0.4 is 9.41 Å². The van der Waals surface area contributed by atoms with Crippen LogP contribution in [0.4, 0.5) is 5.69 Å². The first-order valence-corrected chi connectivity index (χ1v) is 12.4. The Morgan fingerprint density at radius 1 is 0.719 bits per heavy atom. The summed E-state index contributed by atoms with van der Waals surface area (Å²) in [6.45, 7) is 2.23. The van der Waals surface area contributed by atoms with Gasteiger partial charge in [0.15, 0.2) is 4.90 Å². The van der Waals surface area contributed by atoms with E-state index in [1.54, 1.807) is 0 Å². The van der Waals surface area contributed by atoms with Crippen LogP contribution in [-0.2, 0) is 16.6 Å². The Morgan fingerprint density at radius 2 is 1.31 bits per heavy atom. The van der Waals surface area contributed by atoms with E-state index in [0.717, 1.165) is 28.1 Å². The maximum absolute atomic E-state index is 13.9. The molecule has 0 saturated carbocycles. The maximum atomic E-state index is 13.9. The molecule has 0 saturated heterocycles. The lowest BCUT2D eigenvalue weighted by molar-refractivity contribution is -0.299. The Balaban J connectivity index is 1.64. The van der Waals surface area contributed by atoms with Crippen molar-refractivity contribution in [3.05, 3.63) is 126 Å². The van der Waals surface area contributed by atoms with Crippen LogP contribution in [0, 0.1) is 0 Å². The molecule has 0 aromatic heterocycles. The molecule has 1 aliphatic heterocycles. The molecule has 0 N–H and O–H groups in total. The molecule has 32 heavy (non-hydrogen) atoms. The molecule has 0 fully saturated rings. The molecule has 2 nitrogen and oxygen atoms in total. The zero-order valence-electron chi connectivity index (χ0n) is 17.9. The van der Waals surface area contributed by atoms with Crippen LogP contribution in [0.25, 0.3) is 16.7 Å². The van der Waals surface area contributed by atoms with Crippen LogP contribution in [0.3, 0.4) is 0 Å². The normalized spacial score (nSPS) is 21.2. The molecule has 3 heteroatoms. The van der Waals surface area contributed by atoms with E-state index >= 15 is 0 Å². The second-order valence-corrected chi connectivity index (χ2v) is 10.2. The number of benzene rings is 4. The zero-order chi connectivity index (χ0) is 21.7. The second-order valence-electron chi connectivity index (χ2n) is 8.11. The predicted octanol–water partition coefficient (Wildman–Crippen LogP) is 5.77. The number of hydrogen-bond acceptors (Lipinski definition) is 2. The van der Waals surface area contributed by atoms with Crippen molar-refractivity contribution >= 4 is 22.3 Å². The Morgan fingerprint density at radius 3 is 2.03 bits per heavy atom. The van der Waals surface area contributed by atoms with Crippen molar-refractivity contribution < 1.29 is 5.11 Å². The highest BCUT2D eigenvalue weighted by Crippen LogP contribution is 2.64. The average molecular weight is 434 g/mol. The van der Waals surface area contributed by atoms with Gasteiger partial charge in [-0.1, -0.05) is 96.8 Å². The Hall–Kier alpha value is -3.43. The van der Waals surface area contributed by atoms with Crippen molar-refractivity contribution in [3.8, 4) is 11.1 Å². The molecule has 0 radical (unpaired) electrons. The molecule has 4 aromatic carbocycles. The molecule has 4 aromatic rings. The summed E-state index contributed by atoms with van der Waals surface area (Å²) in [5.41, 5.74) is 5.79. The standard InChI is InChI=1S/C29H23NOS/c1-2-32-26-20-12-10-18-24(26)23-17-9-11-19-25(23)30(32)29(22-15-7-4-8-16-22)27(28(29)31)21-13-5-3-6-14-21/h3-20H,2H2,1H3. The molecule has 2 aliphatic rings. The first kappa shape index (κ1) is 19.3. The minimum absolute atomic E-state index is 0.204. The van der Waals surface area contributed by atoms with Crippen molar-refractivity contribution in [2.75, 3.05) is 10.1 Å². The maximum Gasteiger partial charge on any atom is 0.189 e. The van der Waals surface area contributed by atoms with Gasteiger partial charge in [-0.15, -0.1) is 0 Å². The molecular formula is C29H23NOS. The van der Waals surface area contributed by atoms with E-state index in [9.17, 15) is 5.11 Å². The van der Waals surface area contributed by atoms with Gasteiger partial charge in [-0.05, 0) is 41.8 Å². The van der Waals surface area contributed by atoms with Crippen molar-refractivity contribution in [1.29, 1.82) is 0 Å². The molecule has 0 spiro atoms. The van der Waals surface area contributed by atoms with Gasteiger partial charge < -0.3 is 5.11 Å². The minimum Gasteiger partial charge on any atom is -0.873 e. The fourth-order valence-corrected chi connectivity index (χ4v) is 7.52. The number of nitrogens with zero attached hydrogens (tertiary/aromatic N) is 1. The summed E-state index contributed by atoms with van der Waals surface area (Å²) >= 11 is -0.257. The number of anilines is 1. The quantitative estimate of drug-likeness (QED) is 0.382. The topological polar surface area (TPSA) is 26.3 Å². The largest absolute Gasteiger partial charge is 0.873 e. The van der Waals surface area contributed by atoms with Crippen molar-refractivity contribution in [2.24, 2.45) is 0 Å². The second kappa shape index (κ2) is 7.32. The Kier molecular flexibility index (Phi) is 4.41. The van der Waals surface area contributed by atoms with Crippen LogP contribution in [0.1, 0.15) is 18.1 Å². The van der Waals surface area contributed by atoms with E-state index in [1.165, 1.54) is 16.0 Å². The van der Waals surface area contributed by atoms with Gasteiger partial charge in [-0.2, -0.15) is 4.31 Å².